The molecular formula is C15H14N2OS. The van der Waals surface area contributed by atoms with Gasteiger partial charge in [0.2, 0.25) is 0 Å². The highest BCUT2D eigenvalue weighted by Gasteiger charge is 2.30. The van der Waals surface area contributed by atoms with Crippen molar-refractivity contribution in [2.45, 2.75) is 5.37 Å². The van der Waals surface area contributed by atoms with Gasteiger partial charge in [-0.05, 0) is 17.7 Å². The summed E-state index contributed by atoms with van der Waals surface area (Å²) in [5.74, 6) is 1.07. The maximum absolute atomic E-state index is 12.5. The van der Waals surface area contributed by atoms with Crippen LogP contribution in [0.3, 0.4) is 0 Å². The van der Waals surface area contributed by atoms with E-state index in [-0.39, 0.29) is 11.3 Å². The van der Waals surface area contributed by atoms with Crippen LogP contribution in [0.25, 0.3) is 0 Å². The SMILES string of the molecule is O=C(c1ccncc1)N1CCS[C@@H]1c1ccccc1. The molecule has 0 radical (unpaired) electrons. The second kappa shape index (κ2) is 5.45. The molecule has 0 spiro atoms. The first-order chi connectivity index (χ1) is 9.36. The maximum Gasteiger partial charge on any atom is 0.255 e. The van der Waals surface area contributed by atoms with E-state index in [2.05, 4.69) is 17.1 Å². The van der Waals surface area contributed by atoms with Crippen LogP contribution in [0.5, 0.6) is 0 Å². The number of hydrogen-bond donors (Lipinski definition) is 0. The minimum Gasteiger partial charge on any atom is -0.322 e. The summed E-state index contributed by atoms with van der Waals surface area (Å²) in [6.45, 7) is 0.797. The summed E-state index contributed by atoms with van der Waals surface area (Å²) in [5, 5.41) is 0.127. The highest BCUT2D eigenvalue weighted by atomic mass is 32.2. The molecule has 3 nitrogen and oxygen atoms in total. The molecule has 3 rings (SSSR count). The third kappa shape index (κ3) is 2.49. The lowest BCUT2D eigenvalue weighted by Crippen LogP contribution is -2.30. The van der Waals surface area contributed by atoms with Gasteiger partial charge in [0.25, 0.3) is 5.91 Å². The van der Waals surface area contributed by atoms with Crippen LogP contribution in [0.1, 0.15) is 21.3 Å². The fourth-order valence-corrected chi connectivity index (χ4v) is 3.49. The number of benzene rings is 1. The monoisotopic (exact) mass is 270 g/mol. The molecule has 0 saturated carbocycles. The lowest BCUT2D eigenvalue weighted by Gasteiger charge is -2.24. The normalized spacial score (nSPS) is 18.5. The van der Waals surface area contributed by atoms with Gasteiger partial charge in [-0.15, -0.1) is 11.8 Å². The Kier molecular flexibility index (Phi) is 3.51. The molecule has 2 heterocycles. The minimum absolute atomic E-state index is 0.0845. The van der Waals surface area contributed by atoms with Gasteiger partial charge in [-0.25, -0.2) is 0 Å². The molecule has 96 valence electrons. The predicted molar refractivity (Wildman–Crippen MR) is 76.9 cm³/mol. The van der Waals surface area contributed by atoms with E-state index in [1.165, 1.54) is 5.56 Å². The number of rotatable bonds is 2. The average molecular weight is 270 g/mol. The highest BCUT2D eigenvalue weighted by Crippen LogP contribution is 2.38. The molecule has 1 saturated heterocycles. The standard InChI is InChI=1S/C15H14N2OS/c18-14(12-6-8-16-9-7-12)17-10-11-19-15(17)13-4-2-1-3-5-13/h1-9,15H,10-11H2/t15-/m1/s1. The maximum atomic E-state index is 12.5. The van der Waals surface area contributed by atoms with E-state index >= 15 is 0 Å². The van der Waals surface area contributed by atoms with Crippen molar-refractivity contribution in [3.63, 3.8) is 0 Å². The smallest absolute Gasteiger partial charge is 0.255 e. The van der Waals surface area contributed by atoms with Crippen LogP contribution in [0.15, 0.2) is 54.9 Å². The van der Waals surface area contributed by atoms with Crippen molar-refractivity contribution in [2.24, 2.45) is 0 Å². The predicted octanol–water partition coefficient (Wildman–Crippen LogP) is 2.97. The van der Waals surface area contributed by atoms with Crippen LogP contribution in [0, 0.1) is 0 Å². The highest BCUT2D eigenvalue weighted by molar-refractivity contribution is 7.99. The van der Waals surface area contributed by atoms with Crippen molar-refractivity contribution in [1.82, 2.24) is 9.88 Å². The zero-order chi connectivity index (χ0) is 13.1. The summed E-state index contributed by atoms with van der Waals surface area (Å²) in [4.78, 5) is 18.4. The van der Waals surface area contributed by atoms with Crippen LogP contribution in [0.4, 0.5) is 0 Å². The van der Waals surface area contributed by atoms with Gasteiger partial charge < -0.3 is 4.90 Å². The Balaban J connectivity index is 1.86. The number of carbonyl (C=O) groups is 1. The largest absolute Gasteiger partial charge is 0.322 e. The molecule has 1 amide bonds. The molecule has 1 aromatic heterocycles. The van der Waals surface area contributed by atoms with Crippen LogP contribution < -0.4 is 0 Å². The zero-order valence-corrected chi connectivity index (χ0v) is 11.2. The second-order valence-corrected chi connectivity index (χ2v) is 5.56. The van der Waals surface area contributed by atoms with Crippen molar-refractivity contribution >= 4 is 17.7 Å². The zero-order valence-electron chi connectivity index (χ0n) is 10.4. The molecule has 1 aromatic carbocycles. The van der Waals surface area contributed by atoms with E-state index < -0.39 is 0 Å². The Morgan fingerprint density at radius 1 is 1.16 bits per heavy atom. The summed E-state index contributed by atoms with van der Waals surface area (Å²) in [6.07, 6.45) is 3.32. The molecule has 0 bridgehead atoms. The molecule has 0 aliphatic carbocycles. The van der Waals surface area contributed by atoms with Crippen molar-refractivity contribution < 1.29 is 4.79 Å². The van der Waals surface area contributed by atoms with E-state index in [1.54, 1.807) is 24.5 Å². The lowest BCUT2D eigenvalue weighted by molar-refractivity contribution is 0.0760. The molecule has 4 heteroatoms. The van der Waals surface area contributed by atoms with Crippen LogP contribution in [-0.4, -0.2) is 28.1 Å². The summed E-state index contributed by atoms with van der Waals surface area (Å²) >= 11 is 1.82. The van der Waals surface area contributed by atoms with Gasteiger partial charge in [0, 0.05) is 30.3 Å². The van der Waals surface area contributed by atoms with Gasteiger partial charge in [0.05, 0.1) is 0 Å². The molecule has 0 N–H and O–H groups in total. The summed E-state index contributed by atoms with van der Waals surface area (Å²) in [6, 6.07) is 13.7. The fourth-order valence-electron chi connectivity index (χ4n) is 2.23. The van der Waals surface area contributed by atoms with E-state index in [1.807, 2.05) is 34.9 Å². The molecule has 1 aliphatic rings. The molecule has 19 heavy (non-hydrogen) atoms. The third-order valence-electron chi connectivity index (χ3n) is 3.16. The quantitative estimate of drug-likeness (QED) is 0.841. The van der Waals surface area contributed by atoms with Crippen molar-refractivity contribution in [3.8, 4) is 0 Å². The first kappa shape index (κ1) is 12.2. The summed E-state index contributed by atoms with van der Waals surface area (Å²) < 4.78 is 0. The van der Waals surface area contributed by atoms with Gasteiger partial charge >= 0.3 is 0 Å². The third-order valence-corrected chi connectivity index (χ3v) is 4.42. The van der Waals surface area contributed by atoms with E-state index in [0.717, 1.165) is 12.3 Å². The number of amides is 1. The Labute approximate surface area is 116 Å². The number of thioether (sulfide) groups is 1. The van der Waals surface area contributed by atoms with Crippen LogP contribution >= 0.6 is 11.8 Å². The topological polar surface area (TPSA) is 33.2 Å². The number of carbonyl (C=O) groups excluding carboxylic acids is 1. The van der Waals surface area contributed by atoms with Gasteiger partial charge in [0.15, 0.2) is 0 Å². The Morgan fingerprint density at radius 2 is 1.89 bits per heavy atom. The molecule has 1 atom stereocenters. The summed E-state index contributed by atoms with van der Waals surface area (Å²) in [5.41, 5.74) is 1.89. The molecule has 1 aliphatic heterocycles. The van der Waals surface area contributed by atoms with Gasteiger partial charge in [0.1, 0.15) is 5.37 Å². The average Bonchev–Trinajstić information content (AvgIpc) is 2.98. The van der Waals surface area contributed by atoms with Gasteiger partial charge in [-0.1, -0.05) is 30.3 Å². The number of hydrogen-bond acceptors (Lipinski definition) is 3. The number of aromatic nitrogens is 1. The Hall–Kier alpha value is -1.81. The first-order valence-corrected chi connectivity index (χ1v) is 7.29. The Morgan fingerprint density at radius 3 is 2.63 bits per heavy atom. The van der Waals surface area contributed by atoms with Crippen LogP contribution in [-0.2, 0) is 0 Å². The Bertz CT molecular complexity index is 559. The van der Waals surface area contributed by atoms with Crippen molar-refractivity contribution in [2.75, 3.05) is 12.3 Å². The molecule has 0 unspecified atom stereocenters. The van der Waals surface area contributed by atoms with Crippen molar-refractivity contribution in [1.29, 1.82) is 0 Å². The van der Waals surface area contributed by atoms with Gasteiger partial charge in [-0.2, -0.15) is 0 Å². The fraction of sp³-hybridized carbons (Fsp3) is 0.200. The second-order valence-electron chi connectivity index (χ2n) is 4.37. The molecule has 2 aromatic rings. The number of pyridine rings is 1. The van der Waals surface area contributed by atoms with Gasteiger partial charge in [-0.3, -0.25) is 9.78 Å². The minimum atomic E-state index is 0.0845. The van der Waals surface area contributed by atoms with E-state index in [4.69, 9.17) is 0 Å². The van der Waals surface area contributed by atoms with Crippen LogP contribution in [0.2, 0.25) is 0 Å². The van der Waals surface area contributed by atoms with E-state index in [9.17, 15) is 4.79 Å². The van der Waals surface area contributed by atoms with E-state index in [0.29, 0.717) is 5.56 Å². The van der Waals surface area contributed by atoms with Crippen molar-refractivity contribution in [3.05, 3.63) is 66.0 Å². The summed E-state index contributed by atoms with van der Waals surface area (Å²) in [7, 11) is 0. The molecule has 1 fully saturated rings. The molecular weight excluding hydrogens is 256 g/mol. The first-order valence-electron chi connectivity index (χ1n) is 6.24. The number of nitrogens with zero attached hydrogens (tertiary/aromatic N) is 2. The lowest BCUT2D eigenvalue weighted by atomic mass is 10.2.